The molecule has 1 amide bonds. The van der Waals surface area contributed by atoms with Crippen LogP contribution in [0.15, 0.2) is 86.3 Å². The predicted molar refractivity (Wildman–Crippen MR) is 150 cm³/mol. The topological polar surface area (TPSA) is 128 Å². The van der Waals surface area contributed by atoms with E-state index in [9.17, 15) is 14.9 Å². The highest BCUT2D eigenvalue weighted by Crippen LogP contribution is 2.33. The van der Waals surface area contributed by atoms with Crippen LogP contribution in [0.1, 0.15) is 23.0 Å². The Morgan fingerprint density at radius 1 is 1.13 bits per heavy atom. The number of halogens is 2. The van der Waals surface area contributed by atoms with Crippen molar-refractivity contribution in [1.29, 1.82) is 0 Å². The van der Waals surface area contributed by atoms with Gasteiger partial charge < -0.3 is 8.98 Å². The second-order valence-electron chi connectivity index (χ2n) is 8.13. The molecule has 0 saturated carbocycles. The maximum atomic E-state index is 12.6. The number of nitrogens with one attached hydrogen (secondary N) is 1. The third-order valence-corrected chi connectivity index (χ3v) is 7.14. The fourth-order valence-corrected chi connectivity index (χ4v) is 5.11. The number of hydrogen-bond acceptors (Lipinski definition) is 8. The van der Waals surface area contributed by atoms with Crippen LogP contribution in [0.4, 0.5) is 5.69 Å². The Labute approximate surface area is 235 Å². The molecule has 39 heavy (non-hydrogen) atoms. The molecule has 2 heterocycles. The highest BCUT2D eigenvalue weighted by molar-refractivity contribution is 7.99. The Balaban J connectivity index is 1.41. The third kappa shape index (κ3) is 5.80. The lowest BCUT2D eigenvalue weighted by Crippen LogP contribution is -2.16. The quantitative estimate of drug-likeness (QED) is 0.121. The van der Waals surface area contributed by atoms with E-state index in [4.69, 9.17) is 27.6 Å². The van der Waals surface area contributed by atoms with Crippen molar-refractivity contribution in [3.8, 4) is 11.4 Å². The van der Waals surface area contributed by atoms with Gasteiger partial charge in [-0.3, -0.25) is 14.9 Å². The first-order chi connectivity index (χ1) is 18.8. The van der Waals surface area contributed by atoms with Crippen molar-refractivity contribution in [1.82, 2.24) is 20.2 Å². The van der Waals surface area contributed by atoms with E-state index in [-0.39, 0.29) is 11.4 Å². The molecule has 0 aliphatic rings. The number of fused-ring (bicyclic) bond motifs is 1. The number of amides is 1. The fraction of sp³-hybridized carbons (Fsp3) is 0.0769. The van der Waals surface area contributed by atoms with Crippen molar-refractivity contribution in [2.45, 2.75) is 23.5 Å². The molecule has 0 aliphatic heterocycles. The van der Waals surface area contributed by atoms with Gasteiger partial charge in [-0.05, 0) is 61.2 Å². The summed E-state index contributed by atoms with van der Waals surface area (Å²) >= 11 is 13.4. The molecule has 0 aliphatic carbocycles. The van der Waals surface area contributed by atoms with Crippen LogP contribution in [0.5, 0.6) is 0 Å². The molecule has 13 heteroatoms. The van der Waals surface area contributed by atoms with Gasteiger partial charge in [0.1, 0.15) is 5.58 Å². The lowest BCUT2D eigenvalue weighted by atomic mass is 10.2. The fourth-order valence-electron chi connectivity index (χ4n) is 3.77. The first-order valence-electron chi connectivity index (χ1n) is 11.5. The van der Waals surface area contributed by atoms with Crippen LogP contribution >= 0.6 is 35.0 Å². The summed E-state index contributed by atoms with van der Waals surface area (Å²) in [5, 5.41) is 26.4. The Kier molecular flexibility index (Phi) is 7.64. The highest BCUT2D eigenvalue weighted by Gasteiger charge is 2.18. The van der Waals surface area contributed by atoms with Gasteiger partial charge in [-0.25, -0.2) is 5.43 Å². The predicted octanol–water partition coefficient (Wildman–Crippen LogP) is 6.84. The molecule has 1 N–H and O–H groups in total. The minimum Gasteiger partial charge on any atom is -0.451 e. The zero-order valence-corrected chi connectivity index (χ0v) is 22.5. The molecular weight excluding hydrogens is 563 g/mol. The molecular formula is C26H18Cl2N6O4S. The number of carbonyl (C=O) groups is 1. The van der Waals surface area contributed by atoms with Crippen molar-refractivity contribution in [2.75, 3.05) is 0 Å². The van der Waals surface area contributed by atoms with E-state index in [0.717, 1.165) is 5.56 Å². The first-order valence-corrected chi connectivity index (χ1v) is 13.1. The van der Waals surface area contributed by atoms with E-state index in [1.807, 2.05) is 23.6 Å². The molecule has 0 bridgehead atoms. The molecule has 2 aromatic heterocycles. The maximum Gasteiger partial charge on any atom is 0.307 e. The first kappa shape index (κ1) is 26.4. The summed E-state index contributed by atoms with van der Waals surface area (Å²) in [6, 6.07) is 18.2. The van der Waals surface area contributed by atoms with Crippen LogP contribution in [0.25, 0.3) is 22.4 Å². The number of nitrogens with zero attached hydrogens (tertiary/aromatic N) is 5. The maximum absolute atomic E-state index is 12.6. The van der Waals surface area contributed by atoms with E-state index in [1.54, 1.807) is 42.5 Å². The minimum atomic E-state index is -0.588. The van der Waals surface area contributed by atoms with Gasteiger partial charge in [-0.1, -0.05) is 35.3 Å². The molecule has 0 unspecified atom stereocenters. The van der Waals surface area contributed by atoms with Crippen molar-refractivity contribution in [3.05, 3.63) is 98.2 Å². The standard InChI is InChI=1S/C26H18Cl2N6O4S/c1-2-33-24(15-4-3-5-18(27)10-15)30-32-26(33)39-23-9-7-20(34(36)37)12-17(23)14-29-31-25(35)22-13-16-11-19(28)6-8-21(16)38-22/h3-14H,2H2,1H3,(H,31,35)/b29-14+. The van der Waals surface area contributed by atoms with Crippen molar-refractivity contribution < 1.29 is 14.1 Å². The van der Waals surface area contributed by atoms with Crippen LogP contribution < -0.4 is 5.43 Å². The molecule has 3 aromatic carbocycles. The number of benzene rings is 3. The normalized spacial score (nSPS) is 11.4. The van der Waals surface area contributed by atoms with Crippen LogP contribution in [-0.2, 0) is 6.54 Å². The number of non-ortho nitro benzene ring substituents is 1. The van der Waals surface area contributed by atoms with Gasteiger partial charge in [0.05, 0.1) is 11.1 Å². The smallest absolute Gasteiger partial charge is 0.307 e. The van der Waals surface area contributed by atoms with Crippen LogP contribution in [0.3, 0.4) is 0 Å². The largest absolute Gasteiger partial charge is 0.451 e. The molecule has 0 saturated heterocycles. The summed E-state index contributed by atoms with van der Waals surface area (Å²) in [5.41, 5.74) is 3.98. The molecule has 0 atom stereocenters. The minimum absolute atomic E-state index is 0.0441. The lowest BCUT2D eigenvalue weighted by Gasteiger charge is -2.09. The summed E-state index contributed by atoms with van der Waals surface area (Å²) in [6.45, 7) is 2.54. The summed E-state index contributed by atoms with van der Waals surface area (Å²) in [7, 11) is 0. The number of aromatic nitrogens is 3. The monoisotopic (exact) mass is 580 g/mol. The Hall–Kier alpha value is -4.19. The lowest BCUT2D eigenvalue weighted by molar-refractivity contribution is -0.384. The van der Waals surface area contributed by atoms with Crippen molar-refractivity contribution in [3.63, 3.8) is 0 Å². The number of nitro benzene ring substituents is 1. The second kappa shape index (κ2) is 11.3. The summed E-state index contributed by atoms with van der Waals surface area (Å²) < 4.78 is 7.46. The van der Waals surface area contributed by atoms with Crippen LogP contribution in [0, 0.1) is 10.1 Å². The van der Waals surface area contributed by atoms with Gasteiger partial charge in [0, 0.05) is 50.1 Å². The van der Waals surface area contributed by atoms with E-state index in [0.29, 0.717) is 49.0 Å². The van der Waals surface area contributed by atoms with Gasteiger partial charge in [-0.15, -0.1) is 10.2 Å². The summed E-state index contributed by atoms with van der Waals surface area (Å²) in [4.78, 5) is 24.1. The Bertz CT molecular complexity index is 1750. The summed E-state index contributed by atoms with van der Waals surface area (Å²) in [5.74, 6) is 0.0942. The number of furan rings is 1. The van der Waals surface area contributed by atoms with Gasteiger partial charge in [0.2, 0.25) is 0 Å². The molecule has 5 aromatic rings. The molecule has 0 radical (unpaired) electrons. The molecule has 196 valence electrons. The number of nitro groups is 1. The Morgan fingerprint density at radius 3 is 2.72 bits per heavy atom. The van der Waals surface area contributed by atoms with Crippen molar-refractivity contribution >= 4 is 63.7 Å². The zero-order valence-electron chi connectivity index (χ0n) is 20.2. The average Bonchev–Trinajstić information content (AvgIpc) is 3.53. The summed E-state index contributed by atoms with van der Waals surface area (Å²) in [6.07, 6.45) is 1.33. The zero-order chi connectivity index (χ0) is 27.5. The third-order valence-electron chi connectivity index (χ3n) is 5.59. The SMILES string of the molecule is CCn1c(Sc2ccc([N+](=O)[O-])cc2/C=N/NC(=O)c2cc3cc(Cl)ccc3o2)nnc1-c1cccc(Cl)c1. The second-order valence-corrected chi connectivity index (χ2v) is 10.0. The van der Waals surface area contributed by atoms with Gasteiger partial charge in [0.25, 0.3) is 5.69 Å². The number of hydrogen-bond donors (Lipinski definition) is 1. The van der Waals surface area contributed by atoms with Gasteiger partial charge in [-0.2, -0.15) is 5.10 Å². The number of rotatable bonds is 8. The molecule has 10 nitrogen and oxygen atoms in total. The average molecular weight is 581 g/mol. The number of carbonyl (C=O) groups excluding carboxylic acids is 1. The van der Waals surface area contributed by atoms with Gasteiger partial charge >= 0.3 is 5.91 Å². The molecule has 5 rings (SSSR count). The van der Waals surface area contributed by atoms with E-state index < -0.39 is 10.8 Å². The number of hydrazone groups is 1. The van der Waals surface area contributed by atoms with E-state index >= 15 is 0 Å². The van der Waals surface area contributed by atoms with E-state index in [1.165, 1.54) is 30.1 Å². The van der Waals surface area contributed by atoms with Crippen LogP contribution in [-0.4, -0.2) is 31.8 Å². The molecule has 0 spiro atoms. The van der Waals surface area contributed by atoms with Crippen molar-refractivity contribution in [2.24, 2.45) is 5.10 Å². The Morgan fingerprint density at radius 2 is 1.95 bits per heavy atom. The van der Waals surface area contributed by atoms with Gasteiger partial charge in [0.15, 0.2) is 16.7 Å². The highest BCUT2D eigenvalue weighted by atomic mass is 35.5. The van der Waals surface area contributed by atoms with E-state index in [2.05, 4.69) is 20.7 Å². The molecule has 0 fully saturated rings. The van der Waals surface area contributed by atoms with Crippen LogP contribution in [0.2, 0.25) is 10.0 Å².